The first-order valence-corrected chi connectivity index (χ1v) is 7.93. The van der Waals surface area contributed by atoms with Gasteiger partial charge in [-0.25, -0.2) is 4.39 Å². The molecular weight excluding hydrogens is 347 g/mol. The number of hydrogen-bond donors (Lipinski definition) is 0. The van der Waals surface area contributed by atoms with E-state index in [2.05, 4.69) is 10.2 Å². The molecule has 0 aliphatic carbocycles. The maximum absolute atomic E-state index is 13.7. The van der Waals surface area contributed by atoms with Gasteiger partial charge in [-0.3, -0.25) is 4.79 Å². The predicted molar refractivity (Wildman–Crippen MR) is 89.4 cm³/mol. The van der Waals surface area contributed by atoms with Gasteiger partial charge < -0.3 is 9.15 Å². The molecule has 1 atom stereocenters. The molecule has 25 heavy (non-hydrogen) atoms. The molecule has 0 fully saturated rings. The topological polar surface area (TPSA) is 65.2 Å². The van der Waals surface area contributed by atoms with Gasteiger partial charge in [0.25, 0.3) is 5.89 Å². The van der Waals surface area contributed by atoms with E-state index in [4.69, 9.17) is 20.8 Å². The van der Waals surface area contributed by atoms with E-state index < -0.39 is 17.9 Å². The van der Waals surface area contributed by atoms with Gasteiger partial charge in [0, 0.05) is 16.1 Å². The molecule has 5 nitrogen and oxygen atoms in total. The van der Waals surface area contributed by atoms with Crippen molar-refractivity contribution in [2.45, 2.75) is 19.4 Å². The van der Waals surface area contributed by atoms with Crippen LogP contribution in [0.1, 0.15) is 24.5 Å². The van der Waals surface area contributed by atoms with Crippen LogP contribution in [0.5, 0.6) is 0 Å². The fourth-order valence-corrected chi connectivity index (χ4v) is 2.46. The van der Waals surface area contributed by atoms with Crippen LogP contribution < -0.4 is 0 Å². The van der Waals surface area contributed by atoms with E-state index in [1.807, 2.05) is 30.3 Å². The van der Waals surface area contributed by atoms with Crippen molar-refractivity contribution >= 4 is 17.6 Å². The summed E-state index contributed by atoms with van der Waals surface area (Å²) in [6.45, 7) is 1.60. The molecule has 3 aromatic rings. The van der Waals surface area contributed by atoms with E-state index in [1.165, 1.54) is 18.2 Å². The van der Waals surface area contributed by atoms with Gasteiger partial charge in [0.2, 0.25) is 5.89 Å². The lowest BCUT2D eigenvalue weighted by Crippen LogP contribution is -2.13. The smallest absolute Gasteiger partial charge is 0.311 e. The summed E-state index contributed by atoms with van der Waals surface area (Å²) in [5, 5.41) is 8.01. The second-order valence-corrected chi connectivity index (χ2v) is 5.73. The lowest BCUT2D eigenvalue weighted by molar-refractivity contribution is -0.148. The average molecular weight is 361 g/mol. The zero-order chi connectivity index (χ0) is 17.8. The zero-order valence-corrected chi connectivity index (χ0v) is 14.0. The molecule has 0 saturated heterocycles. The van der Waals surface area contributed by atoms with Gasteiger partial charge in [0.05, 0.1) is 6.42 Å². The van der Waals surface area contributed by atoms with Crippen LogP contribution in [-0.4, -0.2) is 16.2 Å². The molecule has 0 N–H and O–H groups in total. The number of esters is 1. The Kier molecular flexibility index (Phi) is 5.09. The van der Waals surface area contributed by atoms with Crippen molar-refractivity contribution in [2.24, 2.45) is 0 Å². The number of carbonyl (C=O) groups is 1. The van der Waals surface area contributed by atoms with Crippen LogP contribution in [0.3, 0.4) is 0 Å². The molecule has 0 radical (unpaired) electrons. The molecule has 0 spiro atoms. The Morgan fingerprint density at radius 2 is 1.96 bits per heavy atom. The summed E-state index contributed by atoms with van der Waals surface area (Å²) in [6.07, 6.45) is -1.04. The largest absolute Gasteiger partial charge is 0.452 e. The van der Waals surface area contributed by atoms with Gasteiger partial charge in [0.1, 0.15) is 5.82 Å². The van der Waals surface area contributed by atoms with Crippen molar-refractivity contribution < 1.29 is 18.3 Å². The zero-order valence-electron chi connectivity index (χ0n) is 13.3. The summed E-state index contributed by atoms with van der Waals surface area (Å²) in [7, 11) is 0. The van der Waals surface area contributed by atoms with Crippen LogP contribution >= 0.6 is 11.6 Å². The van der Waals surface area contributed by atoms with Crippen LogP contribution in [-0.2, 0) is 16.0 Å². The first-order chi connectivity index (χ1) is 12.0. The Hall–Kier alpha value is -2.73. The summed E-state index contributed by atoms with van der Waals surface area (Å²) in [6, 6.07) is 13.4. The van der Waals surface area contributed by atoms with Crippen molar-refractivity contribution in [1.29, 1.82) is 0 Å². The minimum absolute atomic E-state index is 0.0943. The van der Waals surface area contributed by atoms with Crippen molar-refractivity contribution in [1.82, 2.24) is 10.2 Å². The van der Waals surface area contributed by atoms with Crippen LogP contribution in [0.2, 0.25) is 5.02 Å². The van der Waals surface area contributed by atoms with E-state index >= 15 is 0 Å². The quantitative estimate of drug-likeness (QED) is 0.632. The normalized spacial score (nSPS) is 12.0. The first kappa shape index (κ1) is 17.1. The Balaban J connectivity index is 1.67. The maximum atomic E-state index is 13.7. The monoisotopic (exact) mass is 360 g/mol. The molecule has 0 aliphatic heterocycles. The fourth-order valence-electron chi connectivity index (χ4n) is 2.23. The predicted octanol–water partition coefficient (Wildman–Crippen LogP) is 4.38. The van der Waals surface area contributed by atoms with Gasteiger partial charge in [-0.1, -0.05) is 35.9 Å². The van der Waals surface area contributed by atoms with Crippen LogP contribution in [0.4, 0.5) is 4.39 Å². The Morgan fingerprint density at radius 3 is 2.68 bits per heavy atom. The lowest BCUT2D eigenvalue weighted by Gasteiger charge is -2.10. The van der Waals surface area contributed by atoms with Crippen molar-refractivity contribution in [2.75, 3.05) is 0 Å². The number of halogens is 2. The van der Waals surface area contributed by atoms with Crippen LogP contribution in [0.25, 0.3) is 11.5 Å². The van der Waals surface area contributed by atoms with E-state index in [0.29, 0.717) is 5.89 Å². The molecule has 128 valence electrons. The molecule has 0 amide bonds. The molecule has 0 bridgehead atoms. The highest BCUT2D eigenvalue weighted by Gasteiger charge is 2.20. The van der Waals surface area contributed by atoms with Gasteiger partial charge in [-0.2, -0.15) is 0 Å². The molecule has 7 heteroatoms. The van der Waals surface area contributed by atoms with E-state index in [0.717, 1.165) is 5.56 Å². The standard InChI is InChI=1S/C18H14ClFN2O3/c1-11(17-21-22-18(25-17)12-6-3-2-4-7-12)24-16(23)10-13-14(19)8-5-9-15(13)20/h2-9,11H,10H2,1H3/t11-/m1/s1. The summed E-state index contributed by atoms with van der Waals surface area (Å²) in [5.41, 5.74) is 0.856. The van der Waals surface area contributed by atoms with Gasteiger partial charge >= 0.3 is 5.97 Å². The van der Waals surface area contributed by atoms with E-state index in [9.17, 15) is 9.18 Å². The molecule has 1 aromatic heterocycles. The SMILES string of the molecule is C[C@@H](OC(=O)Cc1c(F)cccc1Cl)c1nnc(-c2ccccc2)o1. The summed E-state index contributed by atoms with van der Waals surface area (Å²) < 4.78 is 24.5. The number of hydrogen-bond acceptors (Lipinski definition) is 5. The van der Waals surface area contributed by atoms with E-state index in [-0.39, 0.29) is 22.9 Å². The Morgan fingerprint density at radius 1 is 1.20 bits per heavy atom. The molecular formula is C18H14ClFN2O3. The molecule has 1 heterocycles. The van der Waals surface area contributed by atoms with Gasteiger partial charge in [0.15, 0.2) is 6.10 Å². The number of ether oxygens (including phenoxy) is 1. The lowest BCUT2D eigenvalue weighted by atomic mass is 10.1. The average Bonchev–Trinajstić information content (AvgIpc) is 3.09. The van der Waals surface area contributed by atoms with Gasteiger partial charge in [-0.05, 0) is 31.2 Å². The Bertz CT molecular complexity index is 863. The molecule has 2 aromatic carbocycles. The third-order valence-electron chi connectivity index (χ3n) is 3.50. The highest BCUT2D eigenvalue weighted by molar-refractivity contribution is 6.31. The van der Waals surface area contributed by atoms with Crippen LogP contribution in [0, 0.1) is 5.82 Å². The van der Waals surface area contributed by atoms with Gasteiger partial charge in [-0.15, -0.1) is 10.2 Å². The number of carbonyl (C=O) groups excluding carboxylic acids is 1. The third-order valence-corrected chi connectivity index (χ3v) is 3.85. The van der Waals surface area contributed by atoms with Crippen molar-refractivity contribution in [3.05, 3.63) is 70.8 Å². The minimum atomic E-state index is -0.761. The minimum Gasteiger partial charge on any atom is -0.452 e. The second-order valence-electron chi connectivity index (χ2n) is 5.32. The second kappa shape index (κ2) is 7.44. The molecule has 0 unspecified atom stereocenters. The fraction of sp³-hybridized carbons (Fsp3) is 0.167. The summed E-state index contributed by atoms with van der Waals surface area (Å²) in [4.78, 5) is 12.0. The number of benzene rings is 2. The molecule has 0 saturated carbocycles. The highest BCUT2D eigenvalue weighted by Crippen LogP contribution is 2.24. The van der Waals surface area contributed by atoms with Crippen molar-refractivity contribution in [3.63, 3.8) is 0 Å². The summed E-state index contributed by atoms with van der Waals surface area (Å²) >= 11 is 5.91. The molecule has 0 aliphatic rings. The van der Waals surface area contributed by atoms with E-state index in [1.54, 1.807) is 6.92 Å². The highest BCUT2D eigenvalue weighted by atomic mass is 35.5. The number of aromatic nitrogens is 2. The molecule has 3 rings (SSSR count). The summed E-state index contributed by atoms with van der Waals surface area (Å²) in [5.74, 6) is -0.706. The Labute approximate surface area is 148 Å². The first-order valence-electron chi connectivity index (χ1n) is 7.56. The maximum Gasteiger partial charge on any atom is 0.311 e. The number of rotatable bonds is 5. The van der Waals surface area contributed by atoms with Crippen LogP contribution in [0.15, 0.2) is 52.9 Å². The third kappa shape index (κ3) is 4.03. The van der Waals surface area contributed by atoms with Crippen molar-refractivity contribution in [3.8, 4) is 11.5 Å². The number of nitrogens with zero attached hydrogens (tertiary/aromatic N) is 2.